The largest absolute Gasteiger partial charge is 0.492 e. The van der Waals surface area contributed by atoms with Gasteiger partial charge in [-0.15, -0.1) is 11.8 Å². The first-order chi connectivity index (χ1) is 12.1. The van der Waals surface area contributed by atoms with Crippen LogP contribution in [0.3, 0.4) is 0 Å². The van der Waals surface area contributed by atoms with Crippen molar-refractivity contribution in [3.8, 4) is 5.75 Å². The van der Waals surface area contributed by atoms with Gasteiger partial charge in [-0.2, -0.15) is 0 Å². The van der Waals surface area contributed by atoms with E-state index in [2.05, 4.69) is 5.32 Å². The van der Waals surface area contributed by atoms with Gasteiger partial charge in [-0.1, -0.05) is 18.2 Å². The first-order valence-electron chi connectivity index (χ1n) is 8.13. The first kappa shape index (κ1) is 17.4. The Labute approximate surface area is 151 Å². The second-order valence-corrected chi connectivity index (χ2v) is 6.88. The first-order valence-corrected chi connectivity index (χ1v) is 9.12. The van der Waals surface area contributed by atoms with Crippen molar-refractivity contribution in [3.63, 3.8) is 0 Å². The molecule has 0 aromatic heterocycles. The number of fused-ring (bicyclic) bond motifs is 1. The number of carbonyl (C=O) groups is 2. The molecule has 0 spiro atoms. The minimum atomic E-state index is -0.0945. The van der Waals surface area contributed by atoms with E-state index in [0.717, 1.165) is 16.4 Å². The van der Waals surface area contributed by atoms with Crippen LogP contribution >= 0.6 is 11.8 Å². The number of hydrogen-bond donors (Lipinski definition) is 1. The summed E-state index contributed by atoms with van der Waals surface area (Å²) in [7, 11) is 1.75. The van der Waals surface area contributed by atoms with Crippen molar-refractivity contribution in [3.05, 3.63) is 54.1 Å². The van der Waals surface area contributed by atoms with E-state index in [1.807, 2.05) is 36.4 Å². The Kier molecular flexibility index (Phi) is 5.60. The van der Waals surface area contributed by atoms with Crippen LogP contribution in [0.4, 0.5) is 5.69 Å². The van der Waals surface area contributed by atoms with E-state index in [0.29, 0.717) is 30.8 Å². The van der Waals surface area contributed by atoms with Crippen LogP contribution in [0, 0.1) is 0 Å². The molecule has 6 heteroatoms. The molecule has 1 aliphatic rings. The topological polar surface area (TPSA) is 58.6 Å². The minimum Gasteiger partial charge on any atom is -0.492 e. The fraction of sp³-hybridized carbons (Fsp3) is 0.263. The Balaban J connectivity index is 1.61. The van der Waals surface area contributed by atoms with Crippen LogP contribution in [0.2, 0.25) is 0 Å². The van der Waals surface area contributed by atoms with Crippen molar-refractivity contribution in [2.24, 2.45) is 0 Å². The van der Waals surface area contributed by atoms with Crippen molar-refractivity contribution >= 4 is 29.3 Å². The van der Waals surface area contributed by atoms with Crippen molar-refractivity contribution in [1.82, 2.24) is 4.90 Å². The van der Waals surface area contributed by atoms with Gasteiger partial charge in [0.25, 0.3) is 5.91 Å². The van der Waals surface area contributed by atoms with Crippen LogP contribution in [-0.2, 0) is 4.79 Å². The van der Waals surface area contributed by atoms with E-state index in [4.69, 9.17) is 4.74 Å². The Morgan fingerprint density at radius 2 is 2.04 bits per heavy atom. The van der Waals surface area contributed by atoms with Crippen molar-refractivity contribution in [2.75, 3.05) is 31.3 Å². The maximum absolute atomic E-state index is 12.6. The van der Waals surface area contributed by atoms with Crippen LogP contribution in [0.5, 0.6) is 5.75 Å². The Bertz CT molecular complexity index is 765. The highest BCUT2D eigenvalue weighted by Gasteiger charge is 2.17. The number of ether oxygens (including phenoxy) is 1. The lowest BCUT2D eigenvalue weighted by molar-refractivity contribution is -0.115. The highest BCUT2D eigenvalue weighted by atomic mass is 32.2. The molecule has 1 aliphatic heterocycles. The molecule has 2 aromatic carbocycles. The predicted molar refractivity (Wildman–Crippen MR) is 99.3 cm³/mol. The fourth-order valence-electron chi connectivity index (χ4n) is 2.49. The zero-order valence-corrected chi connectivity index (χ0v) is 14.8. The van der Waals surface area contributed by atoms with Crippen molar-refractivity contribution in [1.29, 1.82) is 0 Å². The van der Waals surface area contributed by atoms with E-state index in [9.17, 15) is 9.59 Å². The summed E-state index contributed by atoms with van der Waals surface area (Å²) < 4.78 is 5.63. The Morgan fingerprint density at radius 1 is 1.24 bits per heavy atom. The molecule has 2 aromatic rings. The number of amides is 2. The third kappa shape index (κ3) is 4.54. The maximum atomic E-state index is 12.6. The molecule has 0 saturated carbocycles. The molecular formula is C19H20N2O3S. The smallest absolute Gasteiger partial charge is 0.253 e. The molecule has 0 fully saturated rings. The highest BCUT2D eigenvalue weighted by molar-refractivity contribution is 7.99. The van der Waals surface area contributed by atoms with Gasteiger partial charge in [-0.25, -0.2) is 0 Å². The molecular weight excluding hydrogens is 336 g/mol. The summed E-state index contributed by atoms with van der Waals surface area (Å²) in [6, 6.07) is 15.0. The molecule has 130 valence electrons. The summed E-state index contributed by atoms with van der Waals surface area (Å²) in [4.78, 5) is 26.9. The lowest BCUT2D eigenvalue weighted by Gasteiger charge is -2.18. The van der Waals surface area contributed by atoms with E-state index in [-0.39, 0.29) is 11.8 Å². The van der Waals surface area contributed by atoms with Gasteiger partial charge in [0.05, 0.1) is 12.2 Å². The summed E-state index contributed by atoms with van der Waals surface area (Å²) in [5.74, 6) is 1.43. The number of para-hydroxylation sites is 1. The molecule has 0 atom stereocenters. The Hall–Kier alpha value is -2.47. The van der Waals surface area contributed by atoms with Gasteiger partial charge in [0.15, 0.2) is 0 Å². The number of nitrogens with zero attached hydrogens (tertiary/aromatic N) is 1. The standard InChI is InChI=1S/C19H20N2O3S/c1-21(10-11-24-15-5-3-2-4-6-15)19(23)14-7-8-17-16(13-14)20-18(22)9-12-25-17/h2-8,13H,9-12H2,1H3,(H,20,22). The number of nitrogens with one attached hydrogen (secondary N) is 1. The van der Waals surface area contributed by atoms with Gasteiger partial charge in [-0.3, -0.25) is 9.59 Å². The molecule has 0 unspecified atom stereocenters. The highest BCUT2D eigenvalue weighted by Crippen LogP contribution is 2.31. The number of hydrogen-bond acceptors (Lipinski definition) is 4. The van der Waals surface area contributed by atoms with E-state index < -0.39 is 0 Å². The zero-order valence-electron chi connectivity index (χ0n) is 14.0. The summed E-state index contributed by atoms with van der Waals surface area (Å²) >= 11 is 1.63. The van der Waals surface area contributed by atoms with Gasteiger partial charge in [0.2, 0.25) is 5.91 Å². The molecule has 25 heavy (non-hydrogen) atoms. The molecule has 0 radical (unpaired) electrons. The molecule has 0 aliphatic carbocycles. The monoisotopic (exact) mass is 356 g/mol. The third-order valence-electron chi connectivity index (χ3n) is 3.87. The normalized spacial score (nSPS) is 13.4. The van der Waals surface area contributed by atoms with Gasteiger partial charge < -0.3 is 15.0 Å². The second kappa shape index (κ2) is 8.07. The average molecular weight is 356 g/mol. The van der Waals surface area contributed by atoms with Crippen LogP contribution in [0.25, 0.3) is 0 Å². The summed E-state index contributed by atoms with van der Waals surface area (Å²) in [6.07, 6.45) is 0.485. The summed E-state index contributed by atoms with van der Waals surface area (Å²) in [6.45, 7) is 0.899. The summed E-state index contributed by atoms with van der Waals surface area (Å²) in [5, 5.41) is 2.87. The van der Waals surface area contributed by atoms with Crippen LogP contribution in [0.15, 0.2) is 53.4 Å². The molecule has 2 amide bonds. The van der Waals surface area contributed by atoms with Crippen molar-refractivity contribution < 1.29 is 14.3 Å². The molecule has 0 saturated heterocycles. The van der Waals surface area contributed by atoms with Gasteiger partial charge in [0, 0.05) is 29.7 Å². The number of carbonyl (C=O) groups excluding carboxylic acids is 2. The molecule has 0 bridgehead atoms. The van der Waals surface area contributed by atoms with E-state index in [1.165, 1.54) is 0 Å². The lowest BCUT2D eigenvalue weighted by atomic mass is 10.1. The molecule has 1 N–H and O–H groups in total. The van der Waals surface area contributed by atoms with E-state index in [1.54, 1.807) is 35.8 Å². The third-order valence-corrected chi connectivity index (χ3v) is 4.95. The fourth-order valence-corrected chi connectivity index (χ4v) is 3.43. The van der Waals surface area contributed by atoms with Crippen molar-refractivity contribution in [2.45, 2.75) is 11.3 Å². The maximum Gasteiger partial charge on any atom is 0.253 e. The van der Waals surface area contributed by atoms with Gasteiger partial charge in [0.1, 0.15) is 12.4 Å². The molecule has 1 heterocycles. The quantitative estimate of drug-likeness (QED) is 0.893. The Morgan fingerprint density at radius 3 is 2.84 bits per heavy atom. The number of rotatable bonds is 5. The number of benzene rings is 2. The van der Waals surface area contributed by atoms with Crippen LogP contribution in [-0.4, -0.2) is 42.7 Å². The number of likely N-dealkylation sites (N-methyl/N-ethyl adjacent to an activating group) is 1. The molecule has 3 rings (SSSR count). The average Bonchev–Trinajstić information content (AvgIpc) is 2.81. The minimum absolute atomic E-state index is 0.0135. The zero-order chi connectivity index (χ0) is 17.6. The predicted octanol–water partition coefficient (Wildman–Crippen LogP) is 3.27. The number of thioether (sulfide) groups is 1. The van der Waals surface area contributed by atoms with E-state index >= 15 is 0 Å². The van der Waals surface area contributed by atoms with Gasteiger partial charge in [-0.05, 0) is 30.3 Å². The van der Waals surface area contributed by atoms with Crippen LogP contribution < -0.4 is 10.1 Å². The lowest BCUT2D eigenvalue weighted by Crippen LogP contribution is -2.31. The van der Waals surface area contributed by atoms with Gasteiger partial charge >= 0.3 is 0 Å². The summed E-state index contributed by atoms with van der Waals surface area (Å²) in [5.41, 5.74) is 1.27. The number of anilines is 1. The second-order valence-electron chi connectivity index (χ2n) is 5.75. The SMILES string of the molecule is CN(CCOc1ccccc1)C(=O)c1ccc2c(c1)NC(=O)CCS2. The molecule has 5 nitrogen and oxygen atoms in total. The van der Waals surface area contributed by atoms with Crippen LogP contribution in [0.1, 0.15) is 16.8 Å².